The first-order valence-electron chi connectivity index (χ1n) is 7.49. The SMILES string of the molecule is COc1cc(OC)c(Cc2ccc(C(C)(C)O)cc2)c(OC)c1. The van der Waals surface area contributed by atoms with E-state index in [4.69, 9.17) is 14.2 Å². The van der Waals surface area contributed by atoms with Crippen LogP contribution >= 0.6 is 0 Å². The molecule has 0 saturated heterocycles. The van der Waals surface area contributed by atoms with Crippen LogP contribution in [0.4, 0.5) is 0 Å². The molecule has 0 fully saturated rings. The summed E-state index contributed by atoms with van der Waals surface area (Å²) in [4.78, 5) is 0. The zero-order chi connectivity index (χ0) is 17.0. The van der Waals surface area contributed by atoms with E-state index < -0.39 is 5.60 Å². The standard InChI is InChI=1S/C19H24O4/c1-19(2,20)14-8-6-13(7-9-14)10-16-17(22-4)11-15(21-3)12-18(16)23-5/h6-9,11-12,20H,10H2,1-5H3. The Kier molecular flexibility index (Phi) is 5.16. The van der Waals surface area contributed by atoms with Crippen molar-refractivity contribution in [3.63, 3.8) is 0 Å². The Morgan fingerprint density at radius 2 is 1.39 bits per heavy atom. The van der Waals surface area contributed by atoms with Gasteiger partial charge in [0.15, 0.2) is 0 Å². The van der Waals surface area contributed by atoms with E-state index in [0.29, 0.717) is 12.2 Å². The summed E-state index contributed by atoms with van der Waals surface area (Å²) in [6.45, 7) is 3.55. The Morgan fingerprint density at radius 1 is 0.870 bits per heavy atom. The molecule has 0 saturated carbocycles. The van der Waals surface area contributed by atoms with Gasteiger partial charge in [-0.15, -0.1) is 0 Å². The van der Waals surface area contributed by atoms with Crippen molar-refractivity contribution in [2.24, 2.45) is 0 Å². The molecule has 2 aromatic rings. The number of benzene rings is 2. The first kappa shape index (κ1) is 17.2. The van der Waals surface area contributed by atoms with Crippen LogP contribution in [0.25, 0.3) is 0 Å². The van der Waals surface area contributed by atoms with Gasteiger partial charge in [0.1, 0.15) is 17.2 Å². The number of hydrogen-bond donors (Lipinski definition) is 1. The average Bonchev–Trinajstić information content (AvgIpc) is 2.54. The second kappa shape index (κ2) is 6.92. The highest BCUT2D eigenvalue weighted by Gasteiger charge is 2.17. The van der Waals surface area contributed by atoms with Crippen LogP contribution in [0.3, 0.4) is 0 Å². The van der Waals surface area contributed by atoms with Crippen LogP contribution in [0.5, 0.6) is 17.2 Å². The van der Waals surface area contributed by atoms with Crippen LogP contribution in [0, 0.1) is 0 Å². The number of hydrogen-bond acceptors (Lipinski definition) is 4. The summed E-state index contributed by atoms with van der Waals surface area (Å²) < 4.78 is 16.2. The van der Waals surface area contributed by atoms with Gasteiger partial charge in [0.25, 0.3) is 0 Å². The van der Waals surface area contributed by atoms with Crippen molar-refractivity contribution in [2.45, 2.75) is 25.9 Å². The van der Waals surface area contributed by atoms with Crippen LogP contribution in [-0.4, -0.2) is 26.4 Å². The van der Waals surface area contributed by atoms with Crippen molar-refractivity contribution in [3.05, 3.63) is 53.1 Å². The van der Waals surface area contributed by atoms with Gasteiger partial charge in [-0.25, -0.2) is 0 Å². The monoisotopic (exact) mass is 316 g/mol. The smallest absolute Gasteiger partial charge is 0.129 e. The molecule has 0 bridgehead atoms. The molecule has 2 aromatic carbocycles. The van der Waals surface area contributed by atoms with Gasteiger partial charge in [0.05, 0.1) is 26.9 Å². The highest BCUT2D eigenvalue weighted by molar-refractivity contribution is 5.52. The second-order valence-corrected chi connectivity index (χ2v) is 5.94. The minimum atomic E-state index is -0.839. The molecule has 0 amide bonds. The zero-order valence-corrected chi connectivity index (χ0v) is 14.3. The van der Waals surface area contributed by atoms with E-state index in [2.05, 4.69) is 0 Å². The summed E-state index contributed by atoms with van der Waals surface area (Å²) in [6, 6.07) is 11.6. The lowest BCUT2D eigenvalue weighted by Gasteiger charge is -2.18. The minimum absolute atomic E-state index is 0.669. The highest BCUT2D eigenvalue weighted by atomic mass is 16.5. The largest absolute Gasteiger partial charge is 0.496 e. The fraction of sp³-hybridized carbons (Fsp3) is 0.368. The van der Waals surface area contributed by atoms with Gasteiger partial charge in [0, 0.05) is 24.1 Å². The predicted octanol–water partition coefficient (Wildman–Crippen LogP) is 3.53. The van der Waals surface area contributed by atoms with E-state index >= 15 is 0 Å². The van der Waals surface area contributed by atoms with Crippen molar-refractivity contribution in [2.75, 3.05) is 21.3 Å². The summed E-state index contributed by atoms with van der Waals surface area (Å²) in [6.07, 6.45) is 0.669. The Hall–Kier alpha value is -2.20. The molecular formula is C19H24O4. The van der Waals surface area contributed by atoms with Crippen molar-refractivity contribution < 1.29 is 19.3 Å². The molecular weight excluding hydrogens is 292 g/mol. The lowest BCUT2D eigenvalue weighted by Crippen LogP contribution is -2.15. The van der Waals surface area contributed by atoms with Gasteiger partial charge in [-0.1, -0.05) is 24.3 Å². The van der Waals surface area contributed by atoms with Gasteiger partial charge >= 0.3 is 0 Å². The molecule has 0 aliphatic carbocycles. The van der Waals surface area contributed by atoms with E-state index in [1.54, 1.807) is 35.2 Å². The lowest BCUT2D eigenvalue weighted by atomic mass is 9.95. The minimum Gasteiger partial charge on any atom is -0.496 e. The molecule has 0 atom stereocenters. The fourth-order valence-electron chi connectivity index (χ4n) is 2.49. The fourth-order valence-corrected chi connectivity index (χ4v) is 2.49. The summed E-state index contributed by atoms with van der Waals surface area (Å²) in [5, 5.41) is 10.0. The number of rotatable bonds is 6. The van der Waals surface area contributed by atoms with Crippen LogP contribution in [0.15, 0.2) is 36.4 Å². The van der Waals surface area contributed by atoms with Crippen LogP contribution in [-0.2, 0) is 12.0 Å². The van der Waals surface area contributed by atoms with Gasteiger partial charge in [-0.05, 0) is 25.0 Å². The van der Waals surface area contributed by atoms with E-state index in [1.807, 2.05) is 36.4 Å². The average molecular weight is 316 g/mol. The zero-order valence-electron chi connectivity index (χ0n) is 14.3. The van der Waals surface area contributed by atoms with Gasteiger partial charge < -0.3 is 19.3 Å². The molecule has 0 spiro atoms. The lowest BCUT2D eigenvalue weighted by molar-refractivity contribution is 0.0786. The molecule has 0 heterocycles. The Labute approximate surface area is 137 Å². The Morgan fingerprint density at radius 3 is 1.78 bits per heavy atom. The van der Waals surface area contributed by atoms with Crippen LogP contribution in [0.2, 0.25) is 0 Å². The van der Waals surface area contributed by atoms with Crippen LogP contribution < -0.4 is 14.2 Å². The molecule has 0 aliphatic heterocycles. The third-order valence-electron chi connectivity index (χ3n) is 3.86. The maximum Gasteiger partial charge on any atom is 0.129 e. The number of ether oxygens (including phenoxy) is 3. The summed E-state index contributed by atoms with van der Waals surface area (Å²) in [5.74, 6) is 2.15. The van der Waals surface area contributed by atoms with Crippen molar-refractivity contribution in [1.82, 2.24) is 0 Å². The van der Waals surface area contributed by atoms with Gasteiger partial charge in [-0.2, -0.15) is 0 Å². The molecule has 4 heteroatoms. The van der Waals surface area contributed by atoms with Crippen molar-refractivity contribution in [1.29, 1.82) is 0 Å². The quantitative estimate of drug-likeness (QED) is 0.885. The topological polar surface area (TPSA) is 47.9 Å². The summed E-state index contributed by atoms with van der Waals surface area (Å²) in [7, 11) is 4.88. The van der Waals surface area contributed by atoms with Gasteiger partial charge in [0.2, 0.25) is 0 Å². The summed E-state index contributed by atoms with van der Waals surface area (Å²) in [5.41, 5.74) is 2.12. The molecule has 0 aromatic heterocycles. The maximum absolute atomic E-state index is 10.0. The summed E-state index contributed by atoms with van der Waals surface area (Å²) >= 11 is 0. The first-order chi connectivity index (χ1) is 10.9. The number of methoxy groups -OCH3 is 3. The van der Waals surface area contributed by atoms with Crippen molar-refractivity contribution in [3.8, 4) is 17.2 Å². The van der Waals surface area contributed by atoms with E-state index in [0.717, 1.165) is 28.2 Å². The molecule has 23 heavy (non-hydrogen) atoms. The Bertz CT molecular complexity index is 629. The Balaban J connectivity index is 2.35. The molecule has 0 aliphatic rings. The van der Waals surface area contributed by atoms with Crippen molar-refractivity contribution >= 4 is 0 Å². The van der Waals surface area contributed by atoms with E-state index in [1.165, 1.54) is 0 Å². The third-order valence-corrected chi connectivity index (χ3v) is 3.86. The van der Waals surface area contributed by atoms with E-state index in [-0.39, 0.29) is 0 Å². The first-order valence-corrected chi connectivity index (χ1v) is 7.49. The molecule has 0 unspecified atom stereocenters. The second-order valence-electron chi connectivity index (χ2n) is 5.94. The molecule has 2 rings (SSSR count). The predicted molar refractivity (Wildman–Crippen MR) is 90.6 cm³/mol. The molecule has 0 radical (unpaired) electrons. The van der Waals surface area contributed by atoms with Crippen LogP contribution in [0.1, 0.15) is 30.5 Å². The maximum atomic E-state index is 10.0. The highest BCUT2D eigenvalue weighted by Crippen LogP contribution is 2.35. The molecule has 4 nitrogen and oxygen atoms in total. The number of aliphatic hydroxyl groups is 1. The molecule has 1 N–H and O–H groups in total. The third kappa shape index (κ3) is 3.96. The molecule has 124 valence electrons. The normalized spacial score (nSPS) is 11.2. The van der Waals surface area contributed by atoms with Gasteiger partial charge in [-0.3, -0.25) is 0 Å². The van der Waals surface area contributed by atoms with E-state index in [9.17, 15) is 5.11 Å².